The Kier molecular flexibility index (Phi) is 1.94. The van der Waals surface area contributed by atoms with Gasteiger partial charge in [-0.2, -0.15) is 0 Å². The van der Waals surface area contributed by atoms with Gasteiger partial charge in [-0.3, -0.25) is 11.8 Å². The zero-order valence-corrected chi connectivity index (χ0v) is 6.21. The van der Waals surface area contributed by atoms with Gasteiger partial charge in [-0.1, -0.05) is 6.92 Å². The Balaban J connectivity index is 2.57. The van der Waals surface area contributed by atoms with Crippen LogP contribution in [0.1, 0.15) is 13.3 Å². The summed E-state index contributed by atoms with van der Waals surface area (Å²) in [5, 5.41) is 0. The third-order valence-electron chi connectivity index (χ3n) is 2.25. The maximum Gasteiger partial charge on any atom is 0.222 e. The Morgan fingerprint density at radius 2 is 2.40 bits per heavy atom. The third kappa shape index (κ3) is 1.14. The molecule has 1 aliphatic heterocycles. The van der Waals surface area contributed by atoms with Crippen molar-refractivity contribution in [1.82, 2.24) is 4.90 Å². The zero-order valence-electron chi connectivity index (χ0n) is 6.21. The number of carbonyl (C=O) groups is 1. The van der Waals surface area contributed by atoms with Gasteiger partial charge in [0.1, 0.15) is 0 Å². The van der Waals surface area contributed by atoms with Crippen LogP contribution in [0.3, 0.4) is 0 Å². The van der Waals surface area contributed by atoms with Crippen molar-refractivity contribution in [3.05, 3.63) is 7.05 Å². The highest BCUT2D eigenvalue weighted by molar-refractivity contribution is 5.77. The van der Waals surface area contributed by atoms with Crippen LogP contribution in [0, 0.1) is 13.0 Å². The van der Waals surface area contributed by atoms with E-state index in [9.17, 15) is 4.79 Å². The molecule has 1 aliphatic rings. The summed E-state index contributed by atoms with van der Waals surface area (Å²) in [6.07, 6.45) is 0.861. The SMILES string of the molecule is [CH2-]N1CC[C@H](C(N)=O)[C@@H]1C. The number of nitrogens with two attached hydrogens (primary N) is 1. The first-order valence-electron chi connectivity index (χ1n) is 3.49. The molecule has 1 amide bonds. The number of amides is 1. The molecule has 3 nitrogen and oxygen atoms in total. The van der Waals surface area contributed by atoms with E-state index in [0.29, 0.717) is 0 Å². The first kappa shape index (κ1) is 7.54. The van der Waals surface area contributed by atoms with E-state index in [4.69, 9.17) is 5.73 Å². The predicted octanol–water partition coefficient (Wildman–Crippen LogP) is -0.0263. The Bertz CT molecular complexity index is 147. The monoisotopic (exact) mass is 141 g/mol. The highest BCUT2D eigenvalue weighted by atomic mass is 16.1. The highest BCUT2D eigenvalue weighted by Crippen LogP contribution is 2.21. The second kappa shape index (κ2) is 2.58. The van der Waals surface area contributed by atoms with Crippen LogP contribution in [0.25, 0.3) is 0 Å². The largest absolute Gasteiger partial charge is 0.456 e. The molecular formula is C7H13N2O-. The first-order valence-corrected chi connectivity index (χ1v) is 3.49. The Labute approximate surface area is 61.2 Å². The molecule has 0 spiro atoms. The Morgan fingerprint density at radius 1 is 1.80 bits per heavy atom. The fraction of sp³-hybridized carbons (Fsp3) is 0.714. The van der Waals surface area contributed by atoms with Gasteiger partial charge in [0.2, 0.25) is 5.91 Å². The molecule has 2 atom stereocenters. The molecule has 0 unspecified atom stereocenters. The maximum absolute atomic E-state index is 10.7. The number of rotatable bonds is 1. The topological polar surface area (TPSA) is 46.3 Å². The second-order valence-corrected chi connectivity index (χ2v) is 2.85. The molecule has 0 aliphatic carbocycles. The summed E-state index contributed by atoms with van der Waals surface area (Å²) in [5.41, 5.74) is 5.16. The van der Waals surface area contributed by atoms with Gasteiger partial charge in [0, 0.05) is 0 Å². The number of hydrogen-bond donors (Lipinski definition) is 1. The van der Waals surface area contributed by atoms with Gasteiger partial charge in [-0.15, -0.1) is 0 Å². The Morgan fingerprint density at radius 3 is 2.60 bits per heavy atom. The summed E-state index contributed by atoms with van der Waals surface area (Å²) in [6.45, 7) is 2.87. The van der Waals surface area contributed by atoms with Crippen molar-refractivity contribution in [2.24, 2.45) is 11.7 Å². The summed E-state index contributed by atoms with van der Waals surface area (Å²) in [4.78, 5) is 12.6. The highest BCUT2D eigenvalue weighted by Gasteiger charge is 2.28. The minimum atomic E-state index is -0.196. The third-order valence-corrected chi connectivity index (χ3v) is 2.25. The van der Waals surface area contributed by atoms with Crippen LogP contribution >= 0.6 is 0 Å². The van der Waals surface area contributed by atoms with Crippen LogP contribution in [0.2, 0.25) is 0 Å². The maximum atomic E-state index is 10.7. The first-order chi connectivity index (χ1) is 4.63. The van der Waals surface area contributed by atoms with Gasteiger partial charge >= 0.3 is 0 Å². The molecule has 0 saturated carbocycles. The van der Waals surface area contributed by atoms with Crippen LogP contribution in [0.15, 0.2) is 0 Å². The van der Waals surface area contributed by atoms with E-state index in [-0.39, 0.29) is 17.9 Å². The average Bonchev–Trinajstić information content (AvgIpc) is 2.14. The van der Waals surface area contributed by atoms with Crippen LogP contribution in [-0.4, -0.2) is 23.4 Å². The van der Waals surface area contributed by atoms with Gasteiger partial charge in [0.15, 0.2) is 0 Å². The van der Waals surface area contributed by atoms with Crippen molar-refractivity contribution in [3.8, 4) is 0 Å². The molecule has 1 heterocycles. The van der Waals surface area contributed by atoms with Gasteiger partial charge < -0.3 is 10.6 Å². The van der Waals surface area contributed by atoms with Crippen molar-refractivity contribution in [2.75, 3.05) is 6.54 Å². The lowest BCUT2D eigenvalue weighted by Crippen LogP contribution is -2.32. The van der Waals surface area contributed by atoms with Crippen LogP contribution in [0.4, 0.5) is 0 Å². The van der Waals surface area contributed by atoms with E-state index in [1.165, 1.54) is 0 Å². The van der Waals surface area contributed by atoms with Gasteiger partial charge in [0.25, 0.3) is 0 Å². The Hall–Kier alpha value is -0.570. The molecule has 1 saturated heterocycles. The van der Waals surface area contributed by atoms with Crippen molar-refractivity contribution >= 4 is 5.91 Å². The average molecular weight is 141 g/mol. The minimum absolute atomic E-state index is 0.0116. The van der Waals surface area contributed by atoms with Crippen molar-refractivity contribution in [1.29, 1.82) is 0 Å². The summed E-state index contributed by atoms with van der Waals surface area (Å²) < 4.78 is 0. The molecular weight excluding hydrogens is 128 g/mol. The normalized spacial score (nSPS) is 34.6. The lowest BCUT2D eigenvalue weighted by molar-refractivity contribution is -0.122. The summed E-state index contributed by atoms with van der Waals surface area (Å²) in [6, 6.07) is 0.220. The quantitative estimate of drug-likeness (QED) is 0.521. The number of primary amides is 1. The van der Waals surface area contributed by atoms with E-state index >= 15 is 0 Å². The lowest BCUT2D eigenvalue weighted by Gasteiger charge is -2.25. The molecule has 1 rings (SSSR count). The molecule has 3 heteroatoms. The summed E-state index contributed by atoms with van der Waals surface area (Å²) in [5.74, 6) is -0.184. The second-order valence-electron chi connectivity index (χ2n) is 2.85. The van der Waals surface area contributed by atoms with E-state index in [1.54, 1.807) is 0 Å². The molecule has 0 aromatic heterocycles. The number of carbonyl (C=O) groups excluding carboxylic acids is 1. The number of hydrogen-bond acceptors (Lipinski definition) is 2. The van der Waals surface area contributed by atoms with Crippen molar-refractivity contribution < 1.29 is 4.79 Å². The van der Waals surface area contributed by atoms with E-state index < -0.39 is 0 Å². The van der Waals surface area contributed by atoms with E-state index in [1.807, 2.05) is 11.8 Å². The zero-order chi connectivity index (χ0) is 7.72. The molecule has 0 radical (unpaired) electrons. The molecule has 0 aromatic carbocycles. The van der Waals surface area contributed by atoms with Crippen molar-refractivity contribution in [2.45, 2.75) is 19.4 Å². The smallest absolute Gasteiger partial charge is 0.222 e. The molecule has 58 valence electrons. The minimum Gasteiger partial charge on any atom is -0.456 e. The van der Waals surface area contributed by atoms with Crippen molar-refractivity contribution in [3.63, 3.8) is 0 Å². The number of nitrogens with zero attached hydrogens (tertiary/aromatic N) is 1. The molecule has 0 bridgehead atoms. The molecule has 1 fully saturated rings. The van der Waals surface area contributed by atoms with Crippen LogP contribution < -0.4 is 5.73 Å². The summed E-state index contributed by atoms with van der Waals surface area (Å²) in [7, 11) is 3.78. The van der Waals surface area contributed by atoms with E-state index in [0.717, 1.165) is 13.0 Å². The standard InChI is InChI=1S/C7H13N2O/c1-5-6(7(8)10)3-4-9(5)2/h5-6H,2-4H2,1H3,(H2,8,10)/q-1/t5-,6-/m0/s1. The fourth-order valence-corrected chi connectivity index (χ4v) is 1.38. The van der Waals surface area contributed by atoms with Gasteiger partial charge in [0.05, 0.1) is 5.92 Å². The summed E-state index contributed by atoms with van der Waals surface area (Å²) >= 11 is 0. The van der Waals surface area contributed by atoms with Crippen LogP contribution in [-0.2, 0) is 4.79 Å². The van der Waals surface area contributed by atoms with Crippen LogP contribution in [0.5, 0.6) is 0 Å². The molecule has 0 aromatic rings. The number of likely N-dealkylation sites (tertiary alicyclic amines) is 1. The van der Waals surface area contributed by atoms with E-state index in [2.05, 4.69) is 7.05 Å². The van der Waals surface area contributed by atoms with Gasteiger partial charge in [-0.05, 0) is 19.0 Å². The van der Waals surface area contributed by atoms with Gasteiger partial charge in [-0.25, -0.2) is 0 Å². The molecule has 10 heavy (non-hydrogen) atoms. The predicted molar refractivity (Wildman–Crippen MR) is 38.8 cm³/mol. The molecule has 2 N–H and O–H groups in total. The fourth-order valence-electron chi connectivity index (χ4n) is 1.38. The lowest BCUT2D eigenvalue weighted by atomic mass is 10.0.